The first-order valence-electron chi connectivity index (χ1n) is 7.08. The Bertz CT molecular complexity index is 622. The van der Waals surface area contributed by atoms with Crippen molar-refractivity contribution < 1.29 is 9.32 Å². The highest BCUT2D eigenvalue weighted by Gasteiger charge is 2.25. The largest absolute Gasteiger partial charge is 0.360 e. The SMILES string of the molecule is Cc1n[nH]c(C)c1[C@@H](C)N(C)C(=O)c1cc(C(C)C)on1. The summed E-state index contributed by atoms with van der Waals surface area (Å²) >= 11 is 0. The summed E-state index contributed by atoms with van der Waals surface area (Å²) in [6.07, 6.45) is 0. The normalized spacial score (nSPS) is 12.7. The molecule has 2 heterocycles. The second-order valence-corrected chi connectivity index (χ2v) is 5.71. The highest BCUT2D eigenvalue weighted by atomic mass is 16.5. The van der Waals surface area contributed by atoms with Gasteiger partial charge in [0, 0.05) is 30.3 Å². The molecule has 2 rings (SSSR count). The topological polar surface area (TPSA) is 75.0 Å². The van der Waals surface area contributed by atoms with Crippen LogP contribution in [0.25, 0.3) is 0 Å². The van der Waals surface area contributed by atoms with E-state index in [0.717, 1.165) is 22.7 Å². The minimum absolute atomic E-state index is 0.0875. The molecule has 6 heteroatoms. The number of amides is 1. The van der Waals surface area contributed by atoms with Gasteiger partial charge < -0.3 is 9.42 Å². The van der Waals surface area contributed by atoms with E-state index in [1.165, 1.54) is 0 Å². The van der Waals surface area contributed by atoms with Gasteiger partial charge in [0.2, 0.25) is 0 Å². The summed E-state index contributed by atoms with van der Waals surface area (Å²) < 4.78 is 5.20. The maximum atomic E-state index is 12.5. The third kappa shape index (κ3) is 2.84. The van der Waals surface area contributed by atoms with E-state index in [1.807, 2.05) is 34.6 Å². The van der Waals surface area contributed by atoms with Crippen molar-refractivity contribution in [2.75, 3.05) is 7.05 Å². The first kappa shape index (κ1) is 15.3. The molecule has 0 aliphatic heterocycles. The lowest BCUT2D eigenvalue weighted by Crippen LogP contribution is -2.30. The van der Waals surface area contributed by atoms with Gasteiger partial charge in [-0.05, 0) is 20.8 Å². The number of nitrogens with zero attached hydrogens (tertiary/aromatic N) is 3. The molecule has 0 saturated carbocycles. The monoisotopic (exact) mass is 290 g/mol. The van der Waals surface area contributed by atoms with Crippen molar-refractivity contribution >= 4 is 5.91 Å². The average Bonchev–Trinajstić information content (AvgIpc) is 3.04. The van der Waals surface area contributed by atoms with Gasteiger partial charge in [-0.3, -0.25) is 9.89 Å². The number of carbonyl (C=O) groups is 1. The number of hydrogen-bond acceptors (Lipinski definition) is 4. The van der Waals surface area contributed by atoms with E-state index in [-0.39, 0.29) is 17.9 Å². The van der Waals surface area contributed by atoms with Gasteiger partial charge in [0.05, 0.1) is 11.7 Å². The summed E-state index contributed by atoms with van der Waals surface area (Å²) in [5.41, 5.74) is 3.26. The van der Waals surface area contributed by atoms with Crippen LogP contribution in [-0.4, -0.2) is 33.2 Å². The number of hydrogen-bond donors (Lipinski definition) is 1. The minimum atomic E-state index is -0.154. The molecule has 1 amide bonds. The Morgan fingerprint density at radius 2 is 2.00 bits per heavy atom. The van der Waals surface area contributed by atoms with Crippen LogP contribution in [0.5, 0.6) is 0 Å². The van der Waals surface area contributed by atoms with Crippen molar-refractivity contribution in [3.8, 4) is 0 Å². The van der Waals surface area contributed by atoms with Crippen molar-refractivity contribution in [1.82, 2.24) is 20.3 Å². The molecule has 0 aromatic carbocycles. The first-order valence-corrected chi connectivity index (χ1v) is 7.08. The molecule has 2 aromatic heterocycles. The van der Waals surface area contributed by atoms with Crippen molar-refractivity contribution in [3.63, 3.8) is 0 Å². The molecule has 0 aliphatic rings. The molecule has 2 aromatic rings. The van der Waals surface area contributed by atoms with E-state index in [2.05, 4.69) is 15.4 Å². The van der Waals surface area contributed by atoms with Crippen molar-refractivity contribution in [1.29, 1.82) is 0 Å². The lowest BCUT2D eigenvalue weighted by atomic mass is 10.0. The van der Waals surface area contributed by atoms with Gasteiger partial charge in [-0.2, -0.15) is 5.10 Å². The zero-order valence-corrected chi connectivity index (χ0v) is 13.4. The van der Waals surface area contributed by atoms with E-state index in [9.17, 15) is 4.79 Å². The van der Waals surface area contributed by atoms with Gasteiger partial charge in [0.1, 0.15) is 5.76 Å². The van der Waals surface area contributed by atoms with Crippen LogP contribution in [0.3, 0.4) is 0 Å². The summed E-state index contributed by atoms with van der Waals surface area (Å²) in [4.78, 5) is 14.2. The van der Waals surface area contributed by atoms with Crippen LogP contribution in [0.2, 0.25) is 0 Å². The number of aryl methyl sites for hydroxylation is 2. The number of aromatic nitrogens is 3. The number of rotatable bonds is 4. The van der Waals surface area contributed by atoms with Crippen LogP contribution in [-0.2, 0) is 0 Å². The van der Waals surface area contributed by atoms with E-state index < -0.39 is 0 Å². The van der Waals surface area contributed by atoms with E-state index >= 15 is 0 Å². The molecule has 0 aliphatic carbocycles. The van der Waals surface area contributed by atoms with Crippen LogP contribution in [0.4, 0.5) is 0 Å². The van der Waals surface area contributed by atoms with Crippen LogP contribution < -0.4 is 0 Å². The number of carbonyl (C=O) groups excluding carboxylic acids is 1. The number of nitrogens with one attached hydrogen (secondary N) is 1. The fourth-order valence-corrected chi connectivity index (χ4v) is 2.39. The fourth-order valence-electron chi connectivity index (χ4n) is 2.39. The number of aromatic amines is 1. The Morgan fingerprint density at radius 3 is 2.48 bits per heavy atom. The summed E-state index contributed by atoms with van der Waals surface area (Å²) in [6.45, 7) is 9.86. The Kier molecular flexibility index (Phi) is 4.16. The van der Waals surface area contributed by atoms with Crippen LogP contribution in [0, 0.1) is 13.8 Å². The van der Waals surface area contributed by atoms with E-state index in [0.29, 0.717) is 5.69 Å². The quantitative estimate of drug-likeness (QED) is 0.939. The maximum absolute atomic E-state index is 12.5. The summed E-state index contributed by atoms with van der Waals surface area (Å²) in [5, 5.41) is 11.0. The second kappa shape index (κ2) is 5.71. The molecule has 0 saturated heterocycles. The lowest BCUT2D eigenvalue weighted by molar-refractivity contribution is 0.0731. The molecule has 1 atom stereocenters. The maximum Gasteiger partial charge on any atom is 0.276 e. The van der Waals surface area contributed by atoms with Gasteiger partial charge in [-0.15, -0.1) is 0 Å². The van der Waals surface area contributed by atoms with E-state index in [4.69, 9.17) is 4.52 Å². The fraction of sp³-hybridized carbons (Fsp3) is 0.533. The zero-order valence-electron chi connectivity index (χ0n) is 13.4. The van der Waals surface area contributed by atoms with Gasteiger partial charge in [0.25, 0.3) is 5.91 Å². The lowest BCUT2D eigenvalue weighted by Gasteiger charge is -2.24. The molecule has 0 radical (unpaired) electrons. The number of H-pyrrole nitrogens is 1. The van der Waals surface area contributed by atoms with Crippen molar-refractivity contribution in [2.45, 2.75) is 46.6 Å². The zero-order chi connectivity index (χ0) is 15.7. The van der Waals surface area contributed by atoms with Gasteiger partial charge >= 0.3 is 0 Å². The van der Waals surface area contributed by atoms with Crippen LogP contribution in [0.1, 0.15) is 65.9 Å². The molecule has 1 N–H and O–H groups in total. The highest BCUT2D eigenvalue weighted by molar-refractivity contribution is 5.92. The van der Waals surface area contributed by atoms with Crippen molar-refractivity contribution in [3.05, 3.63) is 34.5 Å². The van der Waals surface area contributed by atoms with Gasteiger partial charge in [0.15, 0.2) is 5.69 Å². The standard InChI is InChI=1S/C15H22N4O2/c1-8(2)13-7-12(18-21-13)15(20)19(6)11(5)14-9(3)16-17-10(14)4/h7-8,11H,1-6H3,(H,16,17)/t11-/m1/s1. The molecule has 0 bridgehead atoms. The summed E-state index contributed by atoms with van der Waals surface area (Å²) in [6, 6.07) is 1.63. The molecular weight excluding hydrogens is 268 g/mol. The predicted octanol–water partition coefficient (Wildman–Crippen LogP) is 2.97. The molecule has 6 nitrogen and oxygen atoms in total. The summed E-state index contributed by atoms with van der Waals surface area (Å²) in [7, 11) is 1.77. The Morgan fingerprint density at radius 1 is 1.33 bits per heavy atom. The highest BCUT2D eigenvalue weighted by Crippen LogP contribution is 2.25. The summed E-state index contributed by atoms with van der Waals surface area (Å²) in [5.74, 6) is 0.772. The van der Waals surface area contributed by atoms with Gasteiger partial charge in [-0.25, -0.2) is 0 Å². The third-order valence-corrected chi connectivity index (χ3v) is 3.82. The molecular formula is C15H22N4O2. The minimum Gasteiger partial charge on any atom is -0.360 e. The Balaban J connectivity index is 2.22. The Hall–Kier alpha value is -2.11. The van der Waals surface area contributed by atoms with Crippen molar-refractivity contribution in [2.24, 2.45) is 0 Å². The first-order chi connectivity index (χ1) is 9.82. The molecule has 0 fully saturated rings. The van der Waals surface area contributed by atoms with Gasteiger partial charge in [-0.1, -0.05) is 19.0 Å². The average molecular weight is 290 g/mol. The molecule has 0 unspecified atom stereocenters. The molecule has 114 valence electrons. The smallest absolute Gasteiger partial charge is 0.276 e. The molecule has 21 heavy (non-hydrogen) atoms. The Labute approximate surface area is 124 Å². The van der Waals surface area contributed by atoms with Crippen LogP contribution >= 0.6 is 0 Å². The predicted molar refractivity (Wildman–Crippen MR) is 79.2 cm³/mol. The van der Waals surface area contributed by atoms with E-state index in [1.54, 1.807) is 18.0 Å². The van der Waals surface area contributed by atoms with Crippen LogP contribution in [0.15, 0.2) is 10.6 Å². The molecule has 0 spiro atoms. The second-order valence-electron chi connectivity index (χ2n) is 5.71. The third-order valence-electron chi connectivity index (χ3n) is 3.82.